The van der Waals surface area contributed by atoms with Crippen LogP contribution in [0.2, 0.25) is 0 Å². The second-order valence-corrected chi connectivity index (χ2v) is 10.9. The fourth-order valence-corrected chi connectivity index (χ4v) is 6.66. The first-order chi connectivity index (χ1) is 15.3. The summed E-state index contributed by atoms with van der Waals surface area (Å²) in [5.41, 5.74) is 5.02. The van der Waals surface area contributed by atoms with Gasteiger partial charge in [0, 0.05) is 56.2 Å². The number of rotatable bonds is 3. The van der Waals surface area contributed by atoms with E-state index >= 15 is 0 Å². The van der Waals surface area contributed by atoms with Crippen LogP contribution in [-0.4, -0.2) is 60.9 Å². The van der Waals surface area contributed by atoms with E-state index in [0.717, 1.165) is 45.4 Å². The SMILES string of the molecule is Cc1ccc(N2CCN(C[C@H]3C(=O)O[C@@H]4CC5=CCC[C@H](C)[C@@]5(C)[C@@H](O)[C@H]43)CC2)cc1C. The van der Waals surface area contributed by atoms with Crippen molar-refractivity contribution in [2.75, 3.05) is 37.6 Å². The molecule has 0 radical (unpaired) electrons. The first kappa shape index (κ1) is 22.0. The van der Waals surface area contributed by atoms with E-state index in [1.807, 2.05) is 0 Å². The van der Waals surface area contributed by atoms with Crippen molar-refractivity contribution in [2.24, 2.45) is 23.2 Å². The van der Waals surface area contributed by atoms with Crippen molar-refractivity contribution in [2.45, 2.75) is 59.2 Å². The van der Waals surface area contributed by atoms with Crippen molar-refractivity contribution in [3.63, 3.8) is 0 Å². The molecular weight excluding hydrogens is 400 g/mol. The maximum Gasteiger partial charge on any atom is 0.311 e. The van der Waals surface area contributed by atoms with Crippen molar-refractivity contribution < 1.29 is 14.6 Å². The van der Waals surface area contributed by atoms with Crippen molar-refractivity contribution in [1.29, 1.82) is 0 Å². The molecule has 2 heterocycles. The van der Waals surface area contributed by atoms with Gasteiger partial charge in [-0.2, -0.15) is 0 Å². The van der Waals surface area contributed by atoms with Gasteiger partial charge in [-0.25, -0.2) is 0 Å². The van der Waals surface area contributed by atoms with Crippen LogP contribution in [0.1, 0.15) is 44.2 Å². The number of carbonyl (C=O) groups excluding carboxylic acids is 1. The summed E-state index contributed by atoms with van der Waals surface area (Å²) in [6.07, 6.45) is 4.59. The highest BCUT2D eigenvalue weighted by Gasteiger charge is 2.59. The number of esters is 1. The third-order valence-electron chi connectivity index (χ3n) is 9.25. The van der Waals surface area contributed by atoms with E-state index in [-0.39, 0.29) is 29.3 Å². The molecule has 32 heavy (non-hydrogen) atoms. The number of aliphatic hydroxyl groups is 1. The largest absolute Gasteiger partial charge is 0.461 e. The van der Waals surface area contributed by atoms with Crippen LogP contribution in [0.5, 0.6) is 0 Å². The number of hydrogen-bond donors (Lipinski definition) is 1. The topological polar surface area (TPSA) is 53.0 Å². The van der Waals surface area contributed by atoms with Gasteiger partial charge in [0.1, 0.15) is 6.10 Å². The zero-order chi connectivity index (χ0) is 22.6. The predicted octanol–water partition coefficient (Wildman–Crippen LogP) is 3.71. The van der Waals surface area contributed by atoms with Gasteiger partial charge in [0.05, 0.1) is 12.0 Å². The molecule has 0 bridgehead atoms. The Hall–Kier alpha value is -1.85. The molecule has 6 atom stereocenters. The molecule has 2 aliphatic heterocycles. The molecule has 1 aromatic rings. The molecule has 174 valence electrons. The Labute approximate surface area is 192 Å². The molecular formula is C27H38N2O3. The minimum atomic E-state index is -0.518. The van der Waals surface area contributed by atoms with E-state index in [0.29, 0.717) is 12.5 Å². The number of hydrogen-bond acceptors (Lipinski definition) is 5. The van der Waals surface area contributed by atoms with Crippen molar-refractivity contribution >= 4 is 11.7 Å². The lowest BCUT2D eigenvalue weighted by atomic mass is 9.55. The van der Waals surface area contributed by atoms with Crippen LogP contribution >= 0.6 is 0 Å². The van der Waals surface area contributed by atoms with Crippen molar-refractivity contribution in [3.8, 4) is 0 Å². The lowest BCUT2D eigenvalue weighted by molar-refractivity contribution is -0.145. The summed E-state index contributed by atoms with van der Waals surface area (Å²) in [5.74, 6) is 0.00102. The number of aryl methyl sites for hydroxylation is 2. The maximum absolute atomic E-state index is 12.9. The third kappa shape index (κ3) is 3.49. The van der Waals surface area contributed by atoms with Gasteiger partial charge in [0.25, 0.3) is 0 Å². The van der Waals surface area contributed by atoms with Crippen LogP contribution in [-0.2, 0) is 9.53 Å². The minimum absolute atomic E-state index is 0.0945. The molecule has 0 aromatic heterocycles. The lowest BCUT2D eigenvalue weighted by Crippen LogP contribution is -2.55. The summed E-state index contributed by atoms with van der Waals surface area (Å²) >= 11 is 0. The second-order valence-electron chi connectivity index (χ2n) is 10.9. The molecule has 2 aliphatic carbocycles. The van der Waals surface area contributed by atoms with Crippen molar-refractivity contribution in [1.82, 2.24) is 4.90 Å². The Morgan fingerprint density at radius 1 is 1.16 bits per heavy atom. The fraction of sp³-hybridized carbons (Fsp3) is 0.667. The van der Waals surface area contributed by atoms with Crippen LogP contribution in [0.3, 0.4) is 0 Å². The van der Waals surface area contributed by atoms with Gasteiger partial charge in [0.2, 0.25) is 0 Å². The van der Waals surface area contributed by atoms with E-state index in [1.165, 1.54) is 22.4 Å². The maximum atomic E-state index is 12.9. The molecule has 0 amide bonds. The van der Waals surface area contributed by atoms with E-state index in [2.05, 4.69) is 61.8 Å². The second kappa shape index (κ2) is 8.18. The Bertz CT molecular complexity index is 919. The molecule has 1 saturated carbocycles. The highest BCUT2D eigenvalue weighted by Crippen LogP contribution is 2.56. The minimum Gasteiger partial charge on any atom is -0.461 e. The molecule has 5 heteroatoms. The summed E-state index contributed by atoms with van der Waals surface area (Å²) in [5, 5.41) is 11.6. The lowest BCUT2D eigenvalue weighted by Gasteiger charge is -2.52. The highest BCUT2D eigenvalue weighted by molar-refractivity contribution is 5.76. The number of allylic oxidation sites excluding steroid dienone is 1. The average Bonchev–Trinajstić information content (AvgIpc) is 3.08. The summed E-state index contributed by atoms with van der Waals surface area (Å²) in [6.45, 7) is 13.3. The fourth-order valence-electron chi connectivity index (χ4n) is 6.66. The van der Waals surface area contributed by atoms with Gasteiger partial charge in [-0.05, 0) is 55.9 Å². The van der Waals surface area contributed by atoms with Crippen molar-refractivity contribution in [3.05, 3.63) is 41.0 Å². The van der Waals surface area contributed by atoms with E-state index in [1.54, 1.807) is 0 Å². The van der Waals surface area contributed by atoms with Crippen LogP contribution in [0.15, 0.2) is 29.8 Å². The standard InChI is InChI=1S/C27H38N2O3/c1-17-8-9-21(14-18(17)2)29-12-10-28(11-13-29)16-22-24-23(32-26(22)31)15-20-7-5-6-19(3)27(20,4)25(24)30/h7-9,14,19,22-25,30H,5-6,10-13,15-16H2,1-4H3/t19-,22+,23+,24-,25-,27+/m0/s1. The molecule has 0 unspecified atom stereocenters. The molecule has 1 N–H and O–H groups in total. The van der Waals surface area contributed by atoms with E-state index in [9.17, 15) is 9.90 Å². The van der Waals surface area contributed by atoms with Gasteiger partial charge in [0.15, 0.2) is 0 Å². The number of nitrogens with zero attached hydrogens (tertiary/aromatic N) is 2. The normalized spacial score (nSPS) is 37.5. The average molecular weight is 439 g/mol. The van der Waals surface area contributed by atoms with Crippen LogP contribution in [0, 0.1) is 37.0 Å². The Kier molecular flexibility index (Phi) is 5.61. The molecule has 0 spiro atoms. The van der Waals surface area contributed by atoms with Gasteiger partial charge >= 0.3 is 5.97 Å². The first-order valence-electron chi connectivity index (χ1n) is 12.4. The zero-order valence-electron chi connectivity index (χ0n) is 20.0. The molecule has 3 fully saturated rings. The van der Waals surface area contributed by atoms with Gasteiger partial charge in [-0.3, -0.25) is 9.69 Å². The Balaban J connectivity index is 1.27. The van der Waals surface area contributed by atoms with E-state index in [4.69, 9.17) is 4.74 Å². The number of aliphatic hydroxyl groups excluding tert-OH is 1. The quantitative estimate of drug-likeness (QED) is 0.576. The smallest absolute Gasteiger partial charge is 0.311 e. The summed E-state index contributed by atoms with van der Waals surface area (Å²) < 4.78 is 5.86. The molecule has 5 nitrogen and oxygen atoms in total. The van der Waals surface area contributed by atoms with Crippen LogP contribution in [0.25, 0.3) is 0 Å². The number of anilines is 1. The summed E-state index contributed by atoms with van der Waals surface area (Å²) in [6, 6.07) is 6.69. The number of piperazine rings is 1. The number of fused-ring (bicyclic) bond motifs is 2. The summed E-state index contributed by atoms with van der Waals surface area (Å²) in [4.78, 5) is 17.8. The number of ether oxygens (including phenoxy) is 1. The molecule has 2 saturated heterocycles. The Morgan fingerprint density at radius 3 is 2.62 bits per heavy atom. The highest BCUT2D eigenvalue weighted by atomic mass is 16.6. The summed E-state index contributed by atoms with van der Waals surface area (Å²) in [7, 11) is 0. The van der Waals surface area contributed by atoms with Crippen LogP contribution in [0.4, 0.5) is 5.69 Å². The Morgan fingerprint density at radius 2 is 1.91 bits per heavy atom. The zero-order valence-corrected chi connectivity index (χ0v) is 20.0. The van der Waals surface area contributed by atoms with Gasteiger partial charge in [-0.15, -0.1) is 0 Å². The van der Waals surface area contributed by atoms with Gasteiger partial charge in [-0.1, -0.05) is 31.6 Å². The molecule has 1 aromatic carbocycles. The van der Waals surface area contributed by atoms with E-state index < -0.39 is 6.10 Å². The first-order valence-corrected chi connectivity index (χ1v) is 12.4. The third-order valence-corrected chi connectivity index (χ3v) is 9.25. The molecule has 5 rings (SSSR count). The predicted molar refractivity (Wildman–Crippen MR) is 127 cm³/mol. The van der Waals surface area contributed by atoms with Gasteiger partial charge < -0.3 is 14.7 Å². The van der Waals surface area contributed by atoms with Crippen LogP contribution < -0.4 is 4.90 Å². The monoisotopic (exact) mass is 438 g/mol. The molecule has 4 aliphatic rings. The number of benzene rings is 1. The number of carbonyl (C=O) groups is 1.